The molecule has 3 heteroatoms. The average Bonchev–Trinajstić information content (AvgIpc) is 2.39. The van der Waals surface area contributed by atoms with Crippen LogP contribution in [0.2, 0.25) is 0 Å². The highest BCUT2D eigenvalue weighted by Gasteiger charge is 2.23. The van der Waals surface area contributed by atoms with Crippen molar-refractivity contribution in [1.82, 2.24) is 4.90 Å². The monoisotopic (exact) mass is 235 g/mol. The maximum absolute atomic E-state index is 12.1. The van der Waals surface area contributed by atoms with Gasteiger partial charge in [0.2, 0.25) is 5.91 Å². The Bertz CT molecular complexity index is 388. The van der Waals surface area contributed by atoms with Crippen molar-refractivity contribution in [3.8, 4) is 0 Å². The number of benzene rings is 1. The zero-order valence-corrected chi connectivity index (χ0v) is 9.73. The summed E-state index contributed by atoms with van der Waals surface area (Å²) in [5, 5.41) is -0.562. The van der Waals surface area contributed by atoms with Gasteiger partial charge in [0, 0.05) is 13.1 Å². The molecule has 1 aromatic carbocycles. The molecule has 0 aliphatic carbocycles. The summed E-state index contributed by atoms with van der Waals surface area (Å²) >= 11 is 6.17. The molecule has 1 aliphatic heterocycles. The summed E-state index contributed by atoms with van der Waals surface area (Å²) < 4.78 is 0. The van der Waals surface area contributed by atoms with Crippen LogP contribution < -0.4 is 0 Å². The number of halogens is 1. The molecule has 0 saturated heterocycles. The molecule has 16 heavy (non-hydrogen) atoms. The van der Waals surface area contributed by atoms with Crippen LogP contribution in [-0.4, -0.2) is 23.9 Å². The Hall–Kier alpha value is -1.28. The fourth-order valence-electron chi connectivity index (χ4n) is 1.77. The molecule has 84 valence electrons. The van der Waals surface area contributed by atoms with Crippen LogP contribution in [0.5, 0.6) is 0 Å². The largest absolute Gasteiger partial charge is 0.337 e. The van der Waals surface area contributed by atoms with Crippen molar-refractivity contribution in [2.45, 2.75) is 11.8 Å². The zero-order valence-electron chi connectivity index (χ0n) is 8.97. The van der Waals surface area contributed by atoms with E-state index in [9.17, 15) is 4.79 Å². The Balaban J connectivity index is 2.07. The van der Waals surface area contributed by atoms with Crippen molar-refractivity contribution in [2.24, 2.45) is 0 Å². The van der Waals surface area contributed by atoms with E-state index in [0.29, 0.717) is 6.54 Å². The third-order valence-electron chi connectivity index (χ3n) is 2.68. The van der Waals surface area contributed by atoms with E-state index >= 15 is 0 Å². The predicted molar refractivity (Wildman–Crippen MR) is 65.4 cm³/mol. The summed E-state index contributed by atoms with van der Waals surface area (Å²) in [6.07, 6.45) is 5.02. The Morgan fingerprint density at radius 2 is 2.00 bits per heavy atom. The molecule has 0 fully saturated rings. The molecule has 2 rings (SSSR count). The first kappa shape index (κ1) is 11.2. The van der Waals surface area contributed by atoms with Gasteiger partial charge in [-0.2, -0.15) is 0 Å². The highest BCUT2D eigenvalue weighted by atomic mass is 35.5. The van der Waals surface area contributed by atoms with Gasteiger partial charge in [-0.25, -0.2) is 0 Å². The minimum Gasteiger partial charge on any atom is -0.337 e. The normalized spacial score (nSPS) is 17.2. The molecule has 0 aromatic heterocycles. The smallest absolute Gasteiger partial charge is 0.245 e. The topological polar surface area (TPSA) is 20.3 Å². The van der Waals surface area contributed by atoms with Crippen LogP contribution in [0.4, 0.5) is 0 Å². The molecule has 1 atom stereocenters. The summed E-state index contributed by atoms with van der Waals surface area (Å²) in [6.45, 7) is 1.44. The Morgan fingerprint density at radius 3 is 2.62 bits per heavy atom. The maximum atomic E-state index is 12.1. The number of carbonyl (C=O) groups is 1. The van der Waals surface area contributed by atoms with Gasteiger partial charge in [0.25, 0.3) is 0 Å². The van der Waals surface area contributed by atoms with Crippen LogP contribution in [-0.2, 0) is 4.79 Å². The van der Waals surface area contributed by atoms with Crippen molar-refractivity contribution in [3.63, 3.8) is 0 Å². The van der Waals surface area contributed by atoms with E-state index in [1.54, 1.807) is 4.90 Å². The number of amides is 1. The van der Waals surface area contributed by atoms with Gasteiger partial charge >= 0.3 is 0 Å². The molecule has 1 aliphatic rings. The minimum atomic E-state index is -0.562. The van der Waals surface area contributed by atoms with Crippen LogP contribution in [0.25, 0.3) is 0 Å². The SMILES string of the molecule is O=C(C(Cl)c1ccccc1)N1CC=CCC1. The van der Waals surface area contributed by atoms with Gasteiger partial charge in [-0.15, -0.1) is 11.6 Å². The van der Waals surface area contributed by atoms with Crippen molar-refractivity contribution >= 4 is 17.5 Å². The predicted octanol–water partition coefficient (Wildman–Crippen LogP) is 2.76. The van der Waals surface area contributed by atoms with Gasteiger partial charge in [0.05, 0.1) is 0 Å². The van der Waals surface area contributed by atoms with Gasteiger partial charge in [-0.05, 0) is 12.0 Å². The molecule has 1 amide bonds. The van der Waals surface area contributed by atoms with E-state index in [4.69, 9.17) is 11.6 Å². The van der Waals surface area contributed by atoms with Gasteiger partial charge in [-0.1, -0.05) is 42.5 Å². The Kier molecular flexibility index (Phi) is 3.62. The summed E-state index contributed by atoms with van der Waals surface area (Å²) in [5.41, 5.74) is 0.865. The van der Waals surface area contributed by atoms with Crippen LogP contribution in [0.3, 0.4) is 0 Å². The van der Waals surface area contributed by atoms with E-state index in [0.717, 1.165) is 18.5 Å². The first-order valence-electron chi connectivity index (χ1n) is 5.42. The third kappa shape index (κ3) is 2.45. The van der Waals surface area contributed by atoms with Gasteiger partial charge < -0.3 is 4.90 Å². The van der Waals surface area contributed by atoms with E-state index in [2.05, 4.69) is 6.08 Å². The lowest BCUT2D eigenvalue weighted by Crippen LogP contribution is -2.35. The van der Waals surface area contributed by atoms with Crippen molar-refractivity contribution in [1.29, 1.82) is 0 Å². The van der Waals surface area contributed by atoms with Gasteiger partial charge in [0.1, 0.15) is 5.38 Å². The lowest BCUT2D eigenvalue weighted by atomic mass is 10.1. The number of rotatable bonds is 2. The van der Waals surface area contributed by atoms with Crippen molar-refractivity contribution < 1.29 is 4.79 Å². The molecule has 1 unspecified atom stereocenters. The lowest BCUT2D eigenvalue weighted by molar-refractivity contribution is -0.130. The van der Waals surface area contributed by atoms with Gasteiger partial charge in [0.15, 0.2) is 0 Å². The minimum absolute atomic E-state index is 0.00258. The van der Waals surface area contributed by atoms with Crippen LogP contribution in [0.15, 0.2) is 42.5 Å². The molecular weight excluding hydrogens is 222 g/mol. The lowest BCUT2D eigenvalue weighted by Gasteiger charge is -2.25. The molecule has 0 N–H and O–H groups in total. The fraction of sp³-hybridized carbons (Fsp3) is 0.308. The van der Waals surface area contributed by atoms with E-state index in [-0.39, 0.29) is 5.91 Å². The second-order valence-corrected chi connectivity index (χ2v) is 4.25. The average molecular weight is 236 g/mol. The Morgan fingerprint density at radius 1 is 1.25 bits per heavy atom. The van der Waals surface area contributed by atoms with E-state index < -0.39 is 5.38 Å². The third-order valence-corrected chi connectivity index (χ3v) is 3.12. The van der Waals surface area contributed by atoms with Crippen molar-refractivity contribution in [2.75, 3.05) is 13.1 Å². The summed E-state index contributed by atoms with van der Waals surface area (Å²) in [6, 6.07) is 9.48. The summed E-state index contributed by atoms with van der Waals surface area (Å²) in [4.78, 5) is 13.9. The molecule has 1 aromatic rings. The van der Waals surface area contributed by atoms with Crippen LogP contribution in [0.1, 0.15) is 17.4 Å². The fourth-order valence-corrected chi connectivity index (χ4v) is 2.05. The first-order valence-corrected chi connectivity index (χ1v) is 5.85. The molecule has 0 spiro atoms. The van der Waals surface area contributed by atoms with Crippen molar-refractivity contribution in [3.05, 3.63) is 48.0 Å². The number of carbonyl (C=O) groups excluding carboxylic acids is 1. The van der Waals surface area contributed by atoms with Crippen LogP contribution in [0, 0.1) is 0 Å². The number of hydrogen-bond donors (Lipinski definition) is 0. The highest BCUT2D eigenvalue weighted by Crippen LogP contribution is 2.23. The zero-order chi connectivity index (χ0) is 11.4. The second kappa shape index (κ2) is 5.17. The maximum Gasteiger partial charge on any atom is 0.245 e. The quantitative estimate of drug-likeness (QED) is 0.570. The van der Waals surface area contributed by atoms with E-state index in [1.807, 2.05) is 36.4 Å². The number of nitrogens with zero attached hydrogens (tertiary/aromatic N) is 1. The summed E-state index contributed by atoms with van der Waals surface area (Å²) in [5.74, 6) is -0.00258. The molecular formula is C13H14ClNO. The van der Waals surface area contributed by atoms with Gasteiger partial charge in [-0.3, -0.25) is 4.79 Å². The highest BCUT2D eigenvalue weighted by molar-refractivity contribution is 6.30. The first-order chi connectivity index (χ1) is 7.79. The number of alkyl halides is 1. The number of hydrogen-bond acceptors (Lipinski definition) is 1. The molecule has 0 radical (unpaired) electrons. The molecule has 1 heterocycles. The molecule has 0 bridgehead atoms. The Labute approximate surface area is 101 Å². The molecule has 0 saturated carbocycles. The summed E-state index contributed by atoms with van der Waals surface area (Å²) in [7, 11) is 0. The van der Waals surface area contributed by atoms with E-state index in [1.165, 1.54) is 0 Å². The molecule has 2 nitrogen and oxygen atoms in total. The second-order valence-electron chi connectivity index (χ2n) is 3.82. The van der Waals surface area contributed by atoms with Crippen LogP contribution >= 0.6 is 11.6 Å². The standard InChI is InChI=1S/C13H14ClNO/c14-12(11-7-3-1-4-8-11)13(16)15-9-5-2-6-10-15/h1-5,7-8,12H,6,9-10H2.